The Bertz CT molecular complexity index is 363. The van der Waals surface area contributed by atoms with Crippen molar-refractivity contribution in [3.05, 3.63) is 18.0 Å². The van der Waals surface area contributed by atoms with E-state index in [0.717, 1.165) is 25.8 Å². The van der Waals surface area contributed by atoms with E-state index in [2.05, 4.69) is 23.4 Å². The second-order valence-electron chi connectivity index (χ2n) is 4.35. The average Bonchev–Trinajstić information content (AvgIpc) is 2.70. The molecule has 0 amide bonds. The highest BCUT2D eigenvalue weighted by Crippen LogP contribution is 2.12. The summed E-state index contributed by atoms with van der Waals surface area (Å²) in [5.74, 6) is 0. The minimum Gasteiger partial charge on any atom is -0.303 e. The molecule has 0 radical (unpaired) electrons. The highest BCUT2D eigenvalue weighted by molar-refractivity contribution is 5.02. The van der Waals surface area contributed by atoms with E-state index < -0.39 is 0 Å². The molecule has 88 valence electrons. The summed E-state index contributed by atoms with van der Waals surface area (Å²) in [5, 5.41) is 16.3. The second kappa shape index (κ2) is 5.66. The zero-order chi connectivity index (χ0) is 12.0. The molecule has 1 aromatic heterocycles. The van der Waals surface area contributed by atoms with Crippen LogP contribution in [0.5, 0.6) is 0 Å². The molecule has 1 N–H and O–H groups in total. The van der Waals surface area contributed by atoms with Gasteiger partial charge in [-0.2, -0.15) is 10.4 Å². The molecule has 0 saturated heterocycles. The number of nitrogens with one attached hydrogen (secondary N) is 1. The molecule has 16 heavy (non-hydrogen) atoms. The average molecular weight is 220 g/mol. The minimum atomic E-state index is -0.390. The second-order valence-corrected chi connectivity index (χ2v) is 4.35. The van der Waals surface area contributed by atoms with Gasteiger partial charge in [0.05, 0.1) is 6.07 Å². The summed E-state index contributed by atoms with van der Waals surface area (Å²) < 4.78 is 2.00. The van der Waals surface area contributed by atoms with Gasteiger partial charge in [-0.1, -0.05) is 0 Å². The van der Waals surface area contributed by atoms with E-state index in [-0.39, 0.29) is 5.54 Å². The van der Waals surface area contributed by atoms with E-state index in [1.807, 2.05) is 30.9 Å². The van der Waals surface area contributed by atoms with Crippen molar-refractivity contribution in [2.75, 3.05) is 7.05 Å². The molecule has 0 fully saturated rings. The maximum Gasteiger partial charge on any atom is 0.103 e. The van der Waals surface area contributed by atoms with Crippen LogP contribution in [0.15, 0.2) is 12.3 Å². The van der Waals surface area contributed by atoms with Crippen LogP contribution < -0.4 is 5.32 Å². The lowest BCUT2D eigenvalue weighted by atomic mass is 9.97. The Kier molecular flexibility index (Phi) is 4.51. The summed E-state index contributed by atoms with van der Waals surface area (Å²) in [7, 11) is 1.83. The van der Waals surface area contributed by atoms with Gasteiger partial charge in [-0.25, -0.2) is 0 Å². The molecule has 1 aromatic rings. The summed E-state index contributed by atoms with van der Waals surface area (Å²) in [5.41, 5.74) is 0.802. The van der Waals surface area contributed by atoms with E-state index >= 15 is 0 Å². The number of nitriles is 1. The van der Waals surface area contributed by atoms with Crippen molar-refractivity contribution < 1.29 is 0 Å². The standard InChI is InChI=1S/C12H20N4/c1-11-6-8-15-16(11)9-5-4-7-12(2,10-13)14-3/h6,8,14H,4-5,7,9H2,1-3H3. The van der Waals surface area contributed by atoms with E-state index in [1.165, 1.54) is 5.69 Å². The van der Waals surface area contributed by atoms with Crippen LogP contribution >= 0.6 is 0 Å². The van der Waals surface area contributed by atoms with E-state index in [1.54, 1.807) is 0 Å². The predicted molar refractivity (Wildman–Crippen MR) is 63.9 cm³/mol. The first kappa shape index (κ1) is 12.7. The fraction of sp³-hybridized carbons (Fsp3) is 0.667. The molecule has 1 rings (SSSR count). The number of hydrogen-bond acceptors (Lipinski definition) is 3. The summed E-state index contributed by atoms with van der Waals surface area (Å²) in [6, 6.07) is 4.31. The molecule has 0 aliphatic rings. The molecule has 0 spiro atoms. The van der Waals surface area contributed by atoms with Gasteiger partial charge in [0.25, 0.3) is 0 Å². The zero-order valence-corrected chi connectivity index (χ0v) is 10.3. The third kappa shape index (κ3) is 3.35. The number of aromatic nitrogens is 2. The number of unbranched alkanes of at least 4 members (excludes halogenated alkanes) is 1. The molecule has 4 heteroatoms. The first-order valence-corrected chi connectivity index (χ1v) is 5.70. The molecule has 0 aliphatic heterocycles. The van der Waals surface area contributed by atoms with Crippen molar-refractivity contribution in [1.29, 1.82) is 5.26 Å². The Morgan fingerprint density at radius 3 is 2.81 bits per heavy atom. The monoisotopic (exact) mass is 220 g/mol. The Hall–Kier alpha value is -1.34. The van der Waals surface area contributed by atoms with Crippen LogP contribution in [0.25, 0.3) is 0 Å². The molecule has 0 aromatic carbocycles. The minimum absolute atomic E-state index is 0.390. The molecule has 1 heterocycles. The quantitative estimate of drug-likeness (QED) is 0.744. The van der Waals surface area contributed by atoms with E-state index in [9.17, 15) is 0 Å². The Balaban J connectivity index is 2.28. The molecule has 4 nitrogen and oxygen atoms in total. The van der Waals surface area contributed by atoms with Crippen molar-refractivity contribution in [3.63, 3.8) is 0 Å². The number of rotatable bonds is 6. The van der Waals surface area contributed by atoms with Crippen LogP contribution in [0.2, 0.25) is 0 Å². The van der Waals surface area contributed by atoms with Crippen LogP contribution in [0, 0.1) is 18.3 Å². The fourth-order valence-corrected chi connectivity index (χ4v) is 1.61. The summed E-state index contributed by atoms with van der Waals surface area (Å²) in [6.45, 7) is 4.93. The molecular weight excluding hydrogens is 200 g/mol. The van der Waals surface area contributed by atoms with E-state index in [4.69, 9.17) is 5.26 Å². The van der Waals surface area contributed by atoms with Gasteiger partial charge in [0, 0.05) is 18.4 Å². The number of nitrogens with zero attached hydrogens (tertiary/aromatic N) is 3. The maximum atomic E-state index is 8.98. The van der Waals surface area contributed by atoms with Crippen LogP contribution in [0.3, 0.4) is 0 Å². The molecule has 0 bridgehead atoms. The molecule has 0 aliphatic carbocycles. The fourth-order valence-electron chi connectivity index (χ4n) is 1.61. The third-order valence-electron chi connectivity index (χ3n) is 3.02. The Labute approximate surface area is 97.3 Å². The van der Waals surface area contributed by atoms with Gasteiger partial charge in [0.1, 0.15) is 5.54 Å². The van der Waals surface area contributed by atoms with Crippen LogP contribution in [0.1, 0.15) is 31.9 Å². The molecular formula is C12H20N4. The summed E-state index contributed by atoms with van der Waals surface area (Å²) in [4.78, 5) is 0. The maximum absolute atomic E-state index is 8.98. The normalized spacial score (nSPS) is 14.4. The van der Waals surface area contributed by atoms with Gasteiger partial charge >= 0.3 is 0 Å². The van der Waals surface area contributed by atoms with Crippen LogP contribution in [-0.4, -0.2) is 22.4 Å². The van der Waals surface area contributed by atoms with Gasteiger partial charge in [-0.05, 0) is 46.2 Å². The SMILES string of the molecule is CNC(C)(C#N)CCCCn1nccc1C. The first-order valence-electron chi connectivity index (χ1n) is 5.70. The van der Waals surface area contributed by atoms with Gasteiger partial charge in [0.15, 0.2) is 0 Å². The third-order valence-corrected chi connectivity index (χ3v) is 3.02. The predicted octanol–water partition coefficient (Wildman–Crippen LogP) is 1.86. The highest BCUT2D eigenvalue weighted by Gasteiger charge is 2.19. The largest absolute Gasteiger partial charge is 0.303 e. The molecule has 0 saturated carbocycles. The van der Waals surface area contributed by atoms with Crippen LogP contribution in [-0.2, 0) is 6.54 Å². The van der Waals surface area contributed by atoms with Gasteiger partial charge < -0.3 is 5.32 Å². The lowest BCUT2D eigenvalue weighted by Gasteiger charge is -2.20. The van der Waals surface area contributed by atoms with Crippen LogP contribution in [0.4, 0.5) is 0 Å². The van der Waals surface area contributed by atoms with Gasteiger partial charge in [-0.3, -0.25) is 4.68 Å². The van der Waals surface area contributed by atoms with Gasteiger partial charge in [0.2, 0.25) is 0 Å². The highest BCUT2D eigenvalue weighted by atomic mass is 15.3. The van der Waals surface area contributed by atoms with Crippen molar-refractivity contribution in [2.45, 2.75) is 45.2 Å². The smallest absolute Gasteiger partial charge is 0.103 e. The lowest BCUT2D eigenvalue weighted by molar-refractivity contribution is 0.418. The molecule has 1 atom stereocenters. The number of hydrogen-bond donors (Lipinski definition) is 1. The molecule has 1 unspecified atom stereocenters. The first-order chi connectivity index (χ1) is 7.61. The van der Waals surface area contributed by atoms with Gasteiger partial charge in [-0.15, -0.1) is 0 Å². The zero-order valence-electron chi connectivity index (χ0n) is 10.3. The van der Waals surface area contributed by atoms with Crippen molar-refractivity contribution in [2.24, 2.45) is 0 Å². The lowest BCUT2D eigenvalue weighted by Crippen LogP contribution is -2.37. The van der Waals surface area contributed by atoms with Crippen molar-refractivity contribution in [1.82, 2.24) is 15.1 Å². The Morgan fingerprint density at radius 1 is 1.56 bits per heavy atom. The van der Waals surface area contributed by atoms with Crippen molar-refractivity contribution >= 4 is 0 Å². The topological polar surface area (TPSA) is 53.6 Å². The van der Waals surface area contributed by atoms with E-state index in [0.29, 0.717) is 0 Å². The van der Waals surface area contributed by atoms with Crippen molar-refractivity contribution in [3.8, 4) is 6.07 Å². The number of aryl methyl sites for hydroxylation is 2. The Morgan fingerprint density at radius 2 is 2.31 bits per heavy atom. The summed E-state index contributed by atoms with van der Waals surface area (Å²) >= 11 is 0. The summed E-state index contributed by atoms with van der Waals surface area (Å²) in [6.07, 6.45) is 4.79.